The average Bonchev–Trinajstić information content (AvgIpc) is 3.00. The van der Waals surface area contributed by atoms with Crippen molar-refractivity contribution < 1.29 is 5.11 Å². The van der Waals surface area contributed by atoms with Crippen molar-refractivity contribution in [3.63, 3.8) is 0 Å². The number of aromatic nitrogens is 3. The zero-order chi connectivity index (χ0) is 15.1. The van der Waals surface area contributed by atoms with Crippen LogP contribution < -0.4 is 5.32 Å². The van der Waals surface area contributed by atoms with Gasteiger partial charge in [-0.15, -0.1) is 0 Å². The first-order valence-corrected chi connectivity index (χ1v) is 7.50. The summed E-state index contributed by atoms with van der Waals surface area (Å²) in [6.45, 7) is 6.31. The van der Waals surface area contributed by atoms with Gasteiger partial charge in [0, 0.05) is 13.2 Å². The summed E-state index contributed by atoms with van der Waals surface area (Å²) in [6.07, 6.45) is 5.22. The number of rotatable bonds is 8. The molecule has 0 aliphatic rings. The Labute approximate surface area is 126 Å². The van der Waals surface area contributed by atoms with E-state index in [9.17, 15) is 0 Å². The lowest BCUT2D eigenvalue weighted by molar-refractivity contribution is 0.251. The molecule has 1 heterocycles. The van der Waals surface area contributed by atoms with Gasteiger partial charge in [0.1, 0.15) is 12.7 Å². The first kappa shape index (κ1) is 15.7. The van der Waals surface area contributed by atoms with Gasteiger partial charge in [-0.05, 0) is 43.0 Å². The molecule has 1 atom stereocenters. The molecule has 114 valence electrons. The van der Waals surface area contributed by atoms with Crippen molar-refractivity contribution in [1.82, 2.24) is 20.1 Å². The lowest BCUT2D eigenvalue weighted by Crippen LogP contribution is -2.23. The molecule has 1 unspecified atom stereocenters. The van der Waals surface area contributed by atoms with Gasteiger partial charge in [-0.3, -0.25) is 0 Å². The maximum Gasteiger partial charge on any atom is 0.138 e. The van der Waals surface area contributed by atoms with Gasteiger partial charge in [-0.2, -0.15) is 5.10 Å². The SMILES string of the molecule is CCC(CCO)CNCc1ccc(-n2cncn2)c(C)c1. The molecule has 1 aromatic carbocycles. The number of aryl methyl sites for hydroxylation is 1. The number of hydrogen-bond acceptors (Lipinski definition) is 4. The van der Waals surface area contributed by atoms with Crippen LogP contribution in [0.3, 0.4) is 0 Å². The number of aliphatic hydroxyl groups excluding tert-OH is 1. The Morgan fingerprint density at radius 1 is 1.38 bits per heavy atom. The molecule has 2 aromatic rings. The van der Waals surface area contributed by atoms with Crippen molar-refractivity contribution in [2.24, 2.45) is 5.92 Å². The van der Waals surface area contributed by atoms with Gasteiger partial charge in [-0.25, -0.2) is 9.67 Å². The number of hydrogen-bond donors (Lipinski definition) is 2. The van der Waals surface area contributed by atoms with E-state index in [-0.39, 0.29) is 6.61 Å². The highest BCUT2D eigenvalue weighted by Gasteiger charge is 2.06. The summed E-state index contributed by atoms with van der Waals surface area (Å²) in [4.78, 5) is 3.98. The summed E-state index contributed by atoms with van der Waals surface area (Å²) in [5.74, 6) is 0.547. The molecule has 0 saturated heterocycles. The van der Waals surface area contributed by atoms with Crippen molar-refractivity contribution in [1.29, 1.82) is 0 Å². The molecule has 0 bridgehead atoms. The molecule has 0 saturated carbocycles. The van der Waals surface area contributed by atoms with E-state index < -0.39 is 0 Å². The minimum Gasteiger partial charge on any atom is -0.396 e. The van der Waals surface area contributed by atoms with E-state index in [1.807, 2.05) is 0 Å². The van der Waals surface area contributed by atoms with Gasteiger partial charge in [0.15, 0.2) is 0 Å². The molecule has 5 nitrogen and oxygen atoms in total. The van der Waals surface area contributed by atoms with E-state index >= 15 is 0 Å². The van der Waals surface area contributed by atoms with Crippen LogP contribution in [-0.4, -0.2) is 33.0 Å². The Morgan fingerprint density at radius 3 is 2.86 bits per heavy atom. The maximum atomic E-state index is 9.00. The minimum absolute atomic E-state index is 0.270. The summed E-state index contributed by atoms with van der Waals surface area (Å²) in [6, 6.07) is 6.37. The van der Waals surface area contributed by atoms with Crippen molar-refractivity contribution >= 4 is 0 Å². The van der Waals surface area contributed by atoms with E-state index in [1.54, 1.807) is 17.3 Å². The third-order valence-corrected chi connectivity index (χ3v) is 3.80. The first-order valence-electron chi connectivity index (χ1n) is 7.50. The fourth-order valence-corrected chi connectivity index (χ4v) is 2.47. The average molecular weight is 288 g/mol. The highest BCUT2D eigenvalue weighted by atomic mass is 16.3. The van der Waals surface area contributed by atoms with Crippen LogP contribution in [0.5, 0.6) is 0 Å². The lowest BCUT2D eigenvalue weighted by Gasteiger charge is -2.15. The summed E-state index contributed by atoms with van der Waals surface area (Å²) in [5.41, 5.74) is 3.50. The van der Waals surface area contributed by atoms with Crippen LogP contribution in [0, 0.1) is 12.8 Å². The zero-order valence-electron chi connectivity index (χ0n) is 12.8. The summed E-state index contributed by atoms with van der Waals surface area (Å²) in [7, 11) is 0. The van der Waals surface area contributed by atoms with Gasteiger partial charge in [0.05, 0.1) is 5.69 Å². The van der Waals surface area contributed by atoms with Crippen LogP contribution in [0.15, 0.2) is 30.9 Å². The van der Waals surface area contributed by atoms with Gasteiger partial charge in [0.2, 0.25) is 0 Å². The highest BCUT2D eigenvalue weighted by Crippen LogP contribution is 2.15. The molecule has 0 spiro atoms. The highest BCUT2D eigenvalue weighted by molar-refractivity contribution is 5.41. The Balaban J connectivity index is 1.92. The van der Waals surface area contributed by atoms with Gasteiger partial charge in [0.25, 0.3) is 0 Å². The molecule has 2 rings (SSSR count). The predicted molar refractivity (Wildman–Crippen MR) is 83.3 cm³/mol. The third kappa shape index (κ3) is 4.37. The fourth-order valence-electron chi connectivity index (χ4n) is 2.47. The van der Waals surface area contributed by atoms with E-state index in [2.05, 4.69) is 47.4 Å². The molecule has 0 amide bonds. The number of nitrogens with one attached hydrogen (secondary N) is 1. The summed E-state index contributed by atoms with van der Waals surface area (Å²) in [5, 5.41) is 16.6. The van der Waals surface area contributed by atoms with Gasteiger partial charge >= 0.3 is 0 Å². The Hall–Kier alpha value is -1.72. The predicted octanol–water partition coefficient (Wildman–Crippen LogP) is 2.07. The second kappa shape index (κ2) is 7.90. The maximum absolute atomic E-state index is 9.00. The molecule has 1 aromatic heterocycles. The molecule has 0 aliphatic heterocycles. The monoisotopic (exact) mass is 288 g/mol. The van der Waals surface area contributed by atoms with E-state index in [0.717, 1.165) is 31.6 Å². The summed E-state index contributed by atoms with van der Waals surface area (Å²) >= 11 is 0. The van der Waals surface area contributed by atoms with Crippen molar-refractivity contribution in [2.75, 3.05) is 13.2 Å². The standard InChI is InChI=1S/C16H24N4O/c1-3-14(6-7-21)9-17-10-15-4-5-16(13(2)8-15)20-12-18-11-19-20/h4-5,8,11-12,14,17,21H,3,6-7,9-10H2,1-2H3. The third-order valence-electron chi connectivity index (χ3n) is 3.80. The minimum atomic E-state index is 0.270. The van der Waals surface area contributed by atoms with Crippen molar-refractivity contribution in [3.05, 3.63) is 42.0 Å². The van der Waals surface area contributed by atoms with Crippen molar-refractivity contribution in [3.8, 4) is 5.69 Å². The topological polar surface area (TPSA) is 63.0 Å². The molecular weight excluding hydrogens is 264 g/mol. The largest absolute Gasteiger partial charge is 0.396 e. The van der Waals surface area contributed by atoms with E-state index in [0.29, 0.717) is 5.92 Å². The molecule has 21 heavy (non-hydrogen) atoms. The molecular formula is C16H24N4O. The fraction of sp³-hybridized carbons (Fsp3) is 0.500. The number of benzene rings is 1. The Morgan fingerprint density at radius 2 is 2.24 bits per heavy atom. The van der Waals surface area contributed by atoms with Crippen LogP contribution in [-0.2, 0) is 6.54 Å². The smallest absolute Gasteiger partial charge is 0.138 e. The lowest BCUT2D eigenvalue weighted by atomic mass is 10.0. The Kier molecular flexibility index (Phi) is 5.90. The molecule has 0 radical (unpaired) electrons. The van der Waals surface area contributed by atoms with Gasteiger partial charge < -0.3 is 10.4 Å². The molecule has 0 fully saturated rings. The molecule has 2 N–H and O–H groups in total. The first-order chi connectivity index (χ1) is 10.2. The van der Waals surface area contributed by atoms with Gasteiger partial charge in [-0.1, -0.05) is 25.5 Å². The van der Waals surface area contributed by atoms with Crippen LogP contribution >= 0.6 is 0 Å². The number of nitrogens with zero attached hydrogens (tertiary/aromatic N) is 3. The number of aliphatic hydroxyl groups is 1. The molecule has 0 aliphatic carbocycles. The van der Waals surface area contributed by atoms with Crippen LogP contribution in [0.2, 0.25) is 0 Å². The Bertz CT molecular complexity index is 539. The second-order valence-corrected chi connectivity index (χ2v) is 5.38. The van der Waals surface area contributed by atoms with Crippen LogP contribution in [0.4, 0.5) is 0 Å². The zero-order valence-corrected chi connectivity index (χ0v) is 12.8. The van der Waals surface area contributed by atoms with Crippen LogP contribution in [0.25, 0.3) is 5.69 Å². The van der Waals surface area contributed by atoms with Crippen LogP contribution in [0.1, 0.15) is 30.9 Å². The normalized spacial score (nSPS) is 12.5. The second-order valence-electron chi connectivity index (χ2n) is 5.38. The van der Waals surface area contributed by atoms with E-state index in [4.69, 9.17) is 5.11 Å². The van der Waals surface area contributed by atoms with E-state index in [1.165, 1.54) is 11.1 Å². The van der Waals surface area contributed by atoms with Crippen molar-refractivity contribution in [2.45, 2.75) is 33.2 Å². The summed E-state index contributed by atoms with van der Waals surface area (Å²) < 4.78 is 1.78. The molecule has 5 heteroatoms. The quantitative estimate of drug-likeness (QED) is 0.780.